The molecule has 0 spiro atoms. The summed E-state index contributed by atoms with van der Waals surface area (Å²) in [6.07, 6.45) is 3.77. The third kappa shape index (κ3) is 4.09. The summed E-state index contributed by atoms with van der Waals surface area (Å²) < 4.78 is 5.68. The zero-order chi connectivity index (χ0) is 17.6. The highest BCUT2D eigenvalue weighted by Crippen LogP contribution is 2.23. The molecule has 0 aliphatic carbocycles. The molecule has 3 aromatic rings. The van der Waals surface area contributed by atoms with E-state index in [-0.39, 0.29) is 0 Å². The molecule has 0 fully saturated rings. The summed E-state index contributed by atoms with van der Waals surface area (Å²) in [5, 5.41) is 10.6. The lowest BCUT2D eigenvalue weighted by atomic mass is 10.2. The second kappa shape index (κ2) is 7.98. The van der Waals surface area contributed by atoms with E-state index in [0.29, 0.717) is 6.54 Å². The number of aromatic nitrogens is 3. The van der Waals surface area contributed by atoms with Gasteiger partial charge in [-0.05, 0) is 44.5 Å². The molecule has 0 saturated carbocycles. The number of hydrogen-bond acceptors (Lipinski definition) is 5. The summed E-state index contributed by atoms with van der Waals surface area (Å²) in [5.41, 5.74) is 3.17. The number of nitrogens with zero attached hydrogens (tertiary/aromatic N) is 3. The summed E-state index contributed by atoms with van der Waals surface area (Å²) in [7, 11) is 0. The quantitative estimate of drug-likeness (QED) is 0.657. The van der Waals surface area contributed by atoms with Crippen molar-refractivity contribution in [3.05, 3.63) is 53.5 Å². The van der Waals surface area contributed by atoms with E-state index < -0.39 is 0 Å². The summed E-state index contributed by atoms with van der Waals surface area (Å²) in [6.45, 7) is 9.63. The second-order valence-corrected chi connectivity index (χ2v) is 5.98. The molecule has 0 aliphatic heterocycles. The lowest BCUT2D eigenvalue weighted by molar-refractivity contribution is 0.545. The number of furan rings is 1. The third-order valence-corrected chi connectivity index (χ3v) is 4.25. The average molecular weight is 339 g/mol. The molecule has 0 amide bonds. The maximum atomic E-state index is 5.68. The van der Waals surface area contributed by atoms with Crippen LogP contribution >= 0.6 is 0 Å². The van der Waals surface area contributed by atoms with Gasteiger partial charge in [0.1, 0.15) is 17.3 Å². The van der Waals surface area contributed by atoms with E-state index in [1.807, 2.05) is 31.5 Å². The SMILES string of the molecule is CCN(CC)c1ccc(CNCc2cn[nH]c2-c2ccc(C)o2)cn1. The average Bonchev–Trinajstić information content (AvgIpc) is 3.26. The monoisotopic (exact) mass is 339 g/mol. The molecule has 6 heteroatoms. The van der Waals surface area contributed by atoms with Gasteiger partial charge in [0, 0.05) is 37.9 Å². The van der Waals surface area contributed by atoms with Crippen molar-refractivity contribution < 1.29 is 4.42 Å². The van der Waals surface area contributed by atoms with Crippen LogP contribution in [0, 0.1) is 6.92 Å². The number of rotatable bonds is 8. The lowest BCUT2D eigenvalue weighted by Gasteiger charge is -2.19. The lowest BCUT2D eigenvalue weighted by Crippen LogP contribution is -2.23. The molecule has 0 aromatic carbocycles. The van der Waals surface area contributed by atoms with E-state index in [4.69, 9.17) is 4.42 Å². The molecule has 6 nitrogen and oxygen atoms in total. The first-order chi connectivity index (χ1) is 12.2. The molecule has 25 heavy (non-hydrogen) atoms. The molecule has 0 radical (unpaired) electrons. The minimum atomic E-state index is 0.712. The van der Waals surface area contributed by atoms with E-state index in [2.05, 4.69) is 51.4 Å². The number of hydrogen-bond donors (Lipinski definition) is 2. The summed E-state index contributed by atoms with van der Waals surface area (Å²) in [5.74, 6) is 2.74. The van der Waals surface area contributed by atoms with E-state index in [1.54, 1.807) is 0 Å². The van der Waals surface area contributed by atoms with Gasteiger partial charge in [-0.1, -0.05) is 6.07 Å². The Morgan fingerprint density at radius 2 is 1.92 bits per heavy atom. The van der Waals surface area contributed by atoms with Crippen molar-refractivity contribution in [2.45, 2.75) is 33.9 Å². The van der Waals surface area contributed by atoms with Crippen LogP contribution in [0.25, 0.3) is 11.5 Å². The Kier molecular flexibility index (Phi) is 5.50. The van der Waals surface area contributed by atoms with Crippen molar-refractivity contribution in [1.82, 2.24) is 20.5 Å². The van der Waals surface area contributed by atoms with Gasteiger partial charge in [0.15, 0.2) is 5.76 Å². The molecule has 0 saturated heterocycles. The van der Waals surface area contributed by atoms with Gasteiger partial charge in [0.2, 0.25) is 0 Å². The third-order valence-electron chi connectivity index (χ3n) is 4.25. The highest BCUT2D eigenvalue weighted by molar-refractivity contribution is 5.56. The predicted octanol–water partition coefficient (Wildman–Crippen LogP) is 3.51. The van der Waals surface area contributed by atoms with Gasteiger partial charge in [-0.15, -0.1) is 0 Å². The van der Waals surface area contributed by atoms with Gasteiger partial charge in [0.05, 0.1) is 6.20 Å². The largest absolute Gasteiger partial charge is 0.460 e. The zero-order valence-corrected chi connectivity index (χ0v) is 15.0. The standard InChI is InChI=1S/C19H25N5O/c1-4-24(5-2)18-9-7-15(11-21-18)10-20-12-16-13-22-23-19(16)17-8-6-14(3)25-17/h6-9,11,13,20H,4-5,10,12H2,1-3H3,(H,22,23). The van der Waals surface area contributed by atoms with Crippen molar-refractivity contribution in [2.24, 2.45) is 0 Å². The number of aryl methyl sites for hydroxylation is 1. The van der Waals surface area contributed by atoms with Gasteiger partial charge in [0.25, 0.3) is 0 Å². The first-order valence-electron chi connectivity index (χ1n) is 8.71. The van der Waals surface area contributed by atoms with Crippen LogP contribution in [-0.2, 0) is 13.1 Å². The first kappa shape index (κ1) is 17.2. The Bertz CT molecular complexity index is 786. The van der Waals surface area contributed by atoms with E-state index in [1.165, 1.54) is 0 Å². The highest BCUT2D eigenvalue weighted by Gasteiger charge is 2.11. The van der Waals surface area contributed by atoms with Gasteiger partial charge in [-0.2, -0.15) is 5.10 Å². The Morgan fingerprint density at radius 3 is 2.56 bits per heavy atom. The predicted molar refractivity (Wildman–Crippen MR) is 99.4 cm³/mol. The molecule has 3 heterocycles. The van der Waals surface area contributed by atoms with Crippen LogP contribution in [0.2, 0.25) is 0 Å². The van der Waals surface area contributed by atoms with Crippen molar-refractivity contribution >= 4 is 5.82 Å². The van der Waals surface area contributed by atoms with Crippen LogP contribution in [0.4, 0.5) is 5.82 Å². The number of aromatic amines is 1. The van der Waals surface area contributed by atoms with Crippen LogP contribution in [0.1, 0.15) is 30.7 Å². The van der Waals surface area contributed by atoms with Gasteiger partial charge in [-0.25, -0.2) is 4.98 Å². The molecule has 0 unspecified atom stereocenters. The number of H-pyrrole nitrogens is 1. The molecule has 0 aliphatic rings. The molecule has 0 atom stereocenters. The molecular formula is C19H25N5O. The molecule has 0 bridgehead atoms. The van der Waals surface area contributed by atoms with Crippen LogP contribution < -0.4 is 10.2 Å². The van der Waals surface area contributed by atoms with Gasteiger partial charge >= 0.3 is 0 Å². The Labute approximate surface area is 148 Å². The summed E-state index contributed by atoms with van der Waals surface area (Å²) >= 11 is 0. The Morgan fingerprint density at radius 1 is 1.08 bits per heavy atom. The van der Waals surface area contributed by atoms with Gasteiger partial charge in [-0.3, -0.25) is 5.10 Å². The molecule has 2 N–H and O–H groups in total. The van der Waals surface area contributed by atoms with Crippen LogP contribution in [-0.4, -0.2) is 28.3 Å². The van der Waals surface area contributed by atoms with E-state index in [0.717, 1.165) is 53.8 Å². The maximum absolute atomic E-state index is 5.68. The van der Waals surface area contributed by atoms with Crippen LogP contribution in [0.5, 0.6) is 0 Å². The van der Waals surface area contributed by atoms with Crippen LogP contribution in [0.15, 0.2) is 41.1 Å². The van der Waals surface area contributed by atoms with E-state index in [9.17, 15) is 0 Å². The number of nitrogens with one attached hydrogen (secondary N) is 2. The zero-order valence-electron chi connectivity index (χ0n) is 15.0. The maximum Gasteiger partial charge on any atom is 0.152 e. The normalized spacial score (nSPS) is 11.0. The summed E-state index contributed by atoms with van der Waals surface area (Å²) in [4.78, 5) is 6.79. The highest BCUT2D eigenvalue weighted by atomic mass is 16.3. The fraction of sp³-hybridized carbons (Fsp3) is 0.368. The molecular weight excluding hydrogens is 314 g/mol. The fourth-order valence-electron chi connectivity index (χ4n) is 2.82. The van der Waals surface area contributed by atoms with Crippen molar-refractivity contribution in [3.8, 4) is 11.5 Å². The fourth-order valence-corrected chi connectivity index (χ4v) is 2.82. The number of pyridine rings is 1. The molecule has 132 valence electrons. The second-order valence-electron chi connectivity index (χ2n) is 5.98. The van der Waals surface area contributed by atoms with Crippen molar-refractivity contribution in [1.29, 1.82) is 0 Å². The first-order valence-corrected chi connectivity index (χ1v) is 8.71. The minimum absolute atomic E-state index is 0.712. The van der Waals surface area contributed by atoms with Crippen LogP contribution in [0.3, 0.4) is 0 Å². The summed E-state index contributed by atoms with van der Waals surface area (Å²) in [6, 6.07) is 8.12. The smallest absolute Gasteiger partial charge is 0.152 e. The Balaban J connectivity index is 1.58. The molecule has 3 aromatic heterocycles. The molecule has 3 rings (SSSR count). The van der Waals surface area contributed by atoms with E-state index >= 15 is 0 Å². The number of anilines is 1. The minimum Gasteiger partial charge on any atom is -0.460 e. The topological polar surface area (TPSA) is 70.0 Å². The van der Waals surface area contributed by atoms with Crippen molar-refractivity contribution in [2.75, 3.05) is 18.0 Å². The van der Waals surface area contributed by atoms with Gasteiger partial charge < -0.3 is 14.6 Å². The van der Waals surface area contributed by atoms with Crippen molar-refractivity contribution in [3.63, 3.8) is 0 Å². The Hall–Kier alpha value is -2.60.